The van der Waals surface area contributed by atoms with E-state index in [-0.39, 0.29) is 6.10 Å². The van der Waals surface area contributed by atoms with Crippen LogP contribution in [0, 0.1) is 11.3 Å². The zero-order chi connectivity index (χ0) is 12.0. The summed E-state index contributed by atoms with van der Waals surface area (Å²) in [6.45, 7) is 7.95. The Balaban J connectivity index is 2.07. The summed E-state index contributed by atoms with van der Waals surface area (Å²) in [6.07, 6.45) is 7.10. The fourth-order valence-corrected chi connectivity index (χ4v) is 2.24. The molecule has 1 saturated carbocycles. The lowest BCUT2D eigenvalue weighted by atomic mass is 9.85. The van der Waals surface area contributed by atoms with Crippen molar-refractivity contribution in [3.8, 4) is 0 Å². The largest absolute Gasteiger partial charge is 0.390 e. The second-order valence-electron chi connectivity index (χ2n) is 6.35. The Hall–Kier alpha value is -0.0800. The SMILES string of the molecule is CC(C)(C)CCOCC(O)C1CCCCC1. The zero-order valence-electron chi connectivity index (χ0n) is 11.2. The molecule has 0 aromatic heterocycles. The van der Waals surface area contributed by atoms with Gasteiger partial charge in [0.15, 0.2) is 0 Å². The van der Waals surface area contributed by atoms with Crippen molar-refractivity contribution in [2.75, 3.05) is 13.2 Å². The summed E-state index contributed by atoms with van der Waals surface area (Å²) < 4.78 is 5.57. The number of rotatable bonds is 5. The molecule has 0 aromatic rings. The molecule has 0 heterocycles. The third kappa shape index (κ3) is 5.86. The molecule has 2 heteroatoms. The minimum Gasteiger partial charge on any atom is -0.390 e. The van der Waals surface area contributed by atoms with Gasteiger partial charge in [-0.25, -0.2) is 0 Å². The number of hydrogen-bond donors (Lipinski definition) is 1. The summed E-state index contributed by atoms with van der Waals surface area (Å²) in [6, 6.07) is 0. The van der Waals surface area contributed by atoms with Crippen LogP contribution >= 0.6 is 0 Å². The predicted molar refractivity (Wildman–Crippen MR) is 67.5 cm³/mol. The molecule has 2 nitrogen and oxygen atoms in total. The average Bonchev–Trinajstić information content (AvgIpc) is 2.24. The van der Waals surface area contributed by atoms with Crippen molar-refractivity contribution in [3.63, 3.8) is 0 Å². The second kappa shape index (κ2) is 6.61. The fraction of sp³-hybridized carbons (Fsp3) is 1.00. The lowest BCUT2D eigenvalue weighted by Gasteiger charge is -2.26. The third-order valence-corrected chi connectivity index (χ3v) is 3.48. The molecule has 1 unspecified atom stereocenters. The van der Waals surface area contributed by atoms with Crippen LogP contribution in [0.3, 0.4) is 0 Å². The van der Waals surface area contributed by atoms with Gasteiger partial charge in [0.1, 0.15) is 0 Å². The second-order valence-corrected chi connectivity index (χ2v) is 6.35. The lowest BCUT2D eigenvalue weighted by Crippen LogP contribution is -2.28. The molecule has 1 fully saturated rings. The molecule has 0 radical (unpaired) electrons. The highest BCUT2D eigenvalue weighted by Crippen LogP contribution is 2.26. The van der Waals surface area contributed by atoms with Crippen LogP contribution in [-0.2, 0) is 4.74 Å². The average molecular weight is 228 g/mol. The monoisotopic (exact) mass is 228 g/mol. The first-order valence-electron chi connectivity index (χ1n) is 6.75. The van der Waals surface area contributed by atoms with Gasteiger partial charge >= 0.3 is 0 Å². The van der Waals surface area contributed by atoms with E-state index in [2.05, 4.69) is 20.8 Å². The standard InChI is InChI=1S/C14H28O2/c1-14(2,3)9-10-16-11-13(15)12-7-5-4-6-8-12/h12-13,15H,4-11H2,1-3H3. The maximum atomic E-state index is 9.98. The molecule has 1 aliphatic rings. The lowest BCUT2D eigenvalue weighted by molar-refractivity contribution is -0.0105. The number of hydrogen-bond acceptors (Lipinski definition) is 2. The minimum absolute atomic E-state index is 0.236. The molecular formula is C14H28O2. The van der Waals surface area contributed by atoms with E-state index >= 15 is 0 Å². The van der Waals surface area contributed by atoms with E-state index in [9.17, 15) is 5.11 Å². The normalized spacial score (nSPS) is 21.0. The number of aliphatic hydroxyl groups is 1. The molecule has 0 bridgehead atoms. The van der Waals surface area contributed by atoms with Crippen LogP contribution in [0.2, 0.25) is 0 Å². The highest BCUT2D eigenvalue weighted by Gasteiger charge is 2.21. The van der Waals surface area contributed by atoms with E-state index in [0.717, 1.165) is 13.0 Å². The Kier molecular flexibility index (Phi) is 5.77. The minimum atomic E-state index is -0.236. The zero-order valence-corrected chi connectivity index (χ0v) is 11.2. The Bertz CT molecular complexity index is 178. The summed E-state index contributed by atoms with van der Waals surface area (Å²) in [4.78, 5) is 0. The van der Waals surface area contributed by atoms with Crippen LogP contribution in [0.25, 0.3) is 0 Å². The Morgan fingerprint density at radius 2 is 1.81 bits per heavy atom. The van der Waals surface area contributed by atoms with Gasteiger partial charge in [-0.2, -0.15) is 0 Å². The van der Waals surface area contributed by atoms with E-state index in [1.807, 2.05) is 0 Å². The Morgan fingerprint density at radius 1 is 1.19 bits per heavy atom. The molecule has 1 N–H and O–H groups in total. The number of ether oxygens (including phenoxy) is 1. The van der Waals surface area contributed by atoms with Crippen molar-refractivity contribution in [3.05, 3.63) is 0 Å². The molecule has 1 rings (SSSR count). The van der Waals surface area contributed by atoms with Crippen molar-refractivity contribution < 1.29 is 9.84 Å². The summed E-state index contributed by atoms with van der Waals surface area (Å²) in [5, 5.41) is 9.98. The van der Waals surface area contributed by atoms with Gasteiger partial charge < -0.3 is 9.84 Å². The van der Waals surface area contributed by atoms with Crippen LogP contribution in [0.5, 0.6) is 0 Å². The summed E-state index contributed by atoms with van der Waals surface area (Å²) in [7, 11) is 0. The van der Waals surface area contributed by atoms with Gasteiger partial charge in [-0.05, 0) is 30.6 Å². The van der Waals surface area contributed by atoms with E-state index in [0.29, 0.717) is 17.9 Å². The Labute approximate surface area is 100 Å². The van der Waals surface area contributed by atoms with Crippen molar-refractivity contribution in [2.24, 2.45) is 11.3 Å². The van der Waals surface area contributed by atoms with E-state index in [4.69, 9.17) is 4.74 Å². The molecule has 0 aliphatic heterocycles. The van der Waals surface area contributed by atoms with Crippen LogP contribution in [-0.4, -0.2) is 24.4 Å². The predicted octanol–water partition coefficient (Wildman–Crippen LogP) is 3.38. The third-order valence-electron chi connectivity index (χ3n) is 3.48. The highest BCUT2D eigenvalue weighted by atomic mass is 16.5. The van der Waals surface area contributed by atoms with Crippen molar-refractivity contribution in [1.82, 2.24) is 0 Å². The van der Waals surface area contributed by atoms with Crippen LogP contribution < -0.4 is 0 Å². The molecule has 16 heavy (non-hydrogen) atoms. The van der Waals surface area contributed by atoms with E-state index in [1.165, 1.54) is 32.1 Å². The van der Waals surface area contributed by atoms with Gasteiger partial charge in [-0.1, -0.05) is 40.0 Å². The van der Waals surface area contributed by atoms with Gasteiger partial charge in [0.25, 0.3) is 0 Å². The fourth-order valence-electron chi connectivity index (χ4n) is 2.24. The van der Waals surface area contributed by atoms with Crippen molar-refractivity contribution >= 4 is 0 Å². The molecule has 0 spiro atoms. The molecule has 0 amide bonds. The molecule has 0 aromatic carbocycles. The van der Waals surface area contributed by atoms with Gasteiger partial charge in [0.05, 0.1) is 12.7 Å². The van der Waals surface area contributed by atoms with Gasteiger partial charge in [0, 0.05) is 6.61 Å². The first-order chi connectivity index (χ1) is 7.49. The van der Waals surface area contributed by atoms with Gasteiger partial charge in [-0.3, -0.25) is 0 Å². The number of aliphatic hydroxyl groups excluding tert-OH is 1. The quantitative estimate of drug-likeness (QED) is 0.731. The molecular weight excluding hydrogens is 200 g/mol. The molecule has 0 saturated heterocycles. The van der Waals surface area contributed by atoms with Crippen LogP contribution in [0.1, 0.15) is 59.3 Å². The van der Waals surface area contributed by atoms with Crippen molar-refractivity contribution in [2.45, 2.75) is 65.4 Å². The molecule has 1 atom stereocenters. The summed E-state index contributed by atoms with van der Waals surface area (Å²) in [5.41, 5.74) is 0.329. The van der Waals surface area contributed by atoms with Crippen LogP contribution in [0.4, 0.5) is 0 Å². The van der Waals surface area contributed by atoms with Gasteiger partial charge in [0.2, 0.25) is 0 Å². The first kappa shape index (κ1) is 14.0. The van der Waals surface area contributed by atoms with Crippen molar-refractivity contribution in [1.29, 1.82) is 0 Å². The maximum Gasteiger partial charge on any atom is 0.0801 e. The summed E-state index contributed by atoms with van der Waals surface area (Å²) in [5.74, 6) is 0.489. The van der Waals surface area contributed by atoms with E-state index < -0.39 is 0 Å². The maximum absolute atomic E-state index is 9.98. The highest BCUT2D eigenvalue weighted by molar-refractivity contribution is 4.73. The Morgan fingerprint density at radius 3 is 2.38 bits per heavy atom. The van der Waals surface area contributed by atoms with Crippen LogP contribution in [0.15, 0.2) is 0 Å². The van der Waals surface area contributed by atoms with Gasteiger partial charge in [-0.15, -0.1) is 0 Å². The summed E-state index contributed by atoms with van der Waals surface area (Å²) >= 11 is 0. The topological polar surface area (TPSA) is 29.5 Å². The first-order valence-corrected chi connectivity index (χ1v) is 6.75. The molecule has 1 aliphatic carbocycles. The smallest absolute Gasteiger partial charge is 0.0801 e. The van der Waals surface area contributed by atoms with E-state index in [1.54, 1.807) is 0 Å². The molecule has 96 valence electrons.